The minimum Gasteiger partial charge on any atom is -0.479 e. The molecular formula is C30H35IN2O6. The first-order chi connectivity index (χ1) is 18.3. The molecule has 0 bridgehead atoms. The Labute approximate surface area is 236 Å². The number of carbonyl (C=O) groups excluding carboxylic acids is 2. The van der Waals surface area contributed by atoms with Crippen molar-refractivity contribution in [3.8, 4) is 11.5 Å². The number of anilines is 2. The summed E-state index contributed by atoms with van der Waals surface area (Å²) in [5, 5.41) is 5.76. The Balaban J connectivity index is 1.78. The number of hydrogen-bond donors (Lipinski definition) is 2. The van der Waals surface area contributed by atoms with Gasteiger partial charge in [0.1, 0.15) is 11.5 Å². The molecule has 0 saturated carbocycles. The summed E-state index contributed by atoms with van der Waals surface area (Å²) in [4.78, 5) is 25.9. The van der Waals surface area contributed by atoms with Crippen molar-refractivity contribution in [3.05, 3.63) is 79.4 Å². The molecule has 2 amide bonds. The largest absolute Gasteiger partial charge is 0.479 e. The molecule has 0 heterocycles. The van der Waals surface area contributed by atoms with E-state index in [1.54, 1.807) is 19.9 Å². The molecular weight excluding hydrogens is 611 g/mol. The second-order valence-electron chi connectivity index (χ2n) is 9.83. The van der Waals surface area contributed by atoms with Gasteiger partial charge in [0.05, 0.1) is 0 Å². The van der Waals surface area contributed by atoms with Crippen LogP contribution in [0.25, 0.3) is 0 Å². The summed E-state index contributed by atoms with van der Waals surface area (Å²) < 4.78 is 36.2. The maximum atomic E-state index is 12.9. The van der Waals surface area contributed by atoms with Crippen molar-refractivity contribution in [2.24, 2.45) is 0 Å². The van der Waals surface area contributed by atoms with E-state index in [9.17, 15) is 15.7 Å². The number of hydrogen-bond acceptors (Lipinski definition) is 6. The van der Waals surface area contributed by atoms with Crippen LogP contribution in [0.2, 0.25) is 0 Å². The third-order valence-corrected chi connectivity index (χ3v) is 8.22. The molecule has 0 fully saturated rings. The van der Waals surface area contributed by atoms with Gasteiger partial charge in [0.2, 0.25) is 0 Å². The van der Waals surface area contributed by atoms with Crippen molar-refractivity contribution >= 4 is 43.0 Å². The predicted molar refractivity (Wildman–Crippen MR) is 159 cm³/mol. The highest BCUT2D eigenvalue weighted by Gasteiger charge is 2.25. The molecule has 8 nitrogen and oxygen atoms in total. The SMILES string of the molecule is Cc1cc(C)c(NC(=O)[C@@H](C)Oc2cccc(O[C@H](C)C(=O)Nc3c(C)cc(C)cc3C)c2I(=O)=O)c(C)c1. The van der Waals surface area contributed by atoms with Crippen LogP contribution in [0.4, 0.5) is 11.4 Å². The summed E-state index contributed by atoms with van der Waals surface area (Å²) in [6, 6.07) is 12.4. The quantitative estimate of drug-likeness (QED) is 0.250. The average Bonchev–Trinajstić information content (AvgIpc) is 2.83. The van der Waals surface area contributed by atoms with Gasteiger partial charge in [0.25, 0.3) is 11.8 Å². The number of aryl methyl sites for hydroxylation is 6. The van der Waals surface area contributed by atoms with Crippen LogP contribution >= 0.6 is 19.8 Å². The number of ether oxygens (including phenoxy) is 2. The zero-order chi connectivity index (χ0) is 29.0. The van der Waals surface area contributed by atoms with Gasteiger partial charge in [-0.25, -0.2) is 6.14 Å². The molecule has 3 aromatic rings. The van der Waals surface area contributed by atoms with Crippen LogP contribution < -0.4 is 20.1 Å². The van der Waals surface area contributed by atoms with Gasteiger partial charge in [-0.15, -0.1) is 0 Å². The standard InChI is InChI=1S/C30H35IN2O6/c1-16-12-18(3)27(19(4)13-16)32-29(34)22(7)38-24-10-9-11-25(26(24)31(36)37)39-23(8)30(35)33-28-20(5)14-17(2)15-21(28)6/h9-15,22-23H,1-8H3,(H,32,34)(H,33,35)/t22-,23-/m1/s1. The van der Waals surface area contributed by atoms with Crippen molar-refractivity contribution in [2.45, 2.75) is 67.6 Å². The molecule has 9 heteroatoms. The van der Waals surface area contributed by atoms with E-state index in [0.717, 1.165) is 33.4 Å². The van der Waals surface area contributed by atoms with Gasteiger partial charge in [-0.05, 0) is 89.8 Å². The van der Waals surface area contributed by atoms with Crippen LogP contribution in [0.1, 0.15) is 47.2 Å². The summed E-state index contributed by atoms with van der Waals surface area (Å²) in [6.07, 6.45) is -1.99. The monoisotopic (exact) mass is 646 g/mol. The van der Waals surface area contributed by atoms with Gasteiger partial charge in [0.15, 0.2) is 15.8 Å². The second-order valence-corrected chi connectivity index (χ2v) is 12.2. The van der Waals surface area contributed by atoms with E-state index < -0.39 is 43.8 Å². The van der Waals surface area contributed by atoms with E-state index in [2.05, 4.69) is 10.6 Å². The minimum atomic E-state index is -4.18. The van der Waals surface area contributed by atoms with E-state index in [-0.39, 0.29) is 15.1 Å². The zero-order valence-electron chi connectivity index (χ0n) is 23.5. The molecule has 3 rings (SSSR count). The fourth-order valence-electron chi connectivity index (χ4n) is 4.52. The summed E-state index contributed by atoms with van der Waals surface area (Å²) in [7, 11) is 0. The van der Waals surface area contributed by atoms with Crippen LogP contribution in [-0.2, 0) is 15.7 Å². The molecule has 0 radical (unpaired) electrons. The third-order valence-electron chi connectivity index (χ3n) is 6.28. The first kappa shape index (κ1) is 30.1. The lowest BCUT2D eigenvalue weighted by atomic mass is 10.0. The fourth-order valence-corrected chi connectivity index (χ4v) is 6.00. The summed E-state index contributed by atoms with van der Waals surface area (Å²) in [6.45, 7) is 14.7. The smallest absolute Gasteiger partial charge is 0.348 e. The van der Waals surface area contributed by atoms with Gasteiger partial charge < -0.3 is 20.1 Å². The lowest BCUT2D eigenvalue weighted by Gasteiger charge is -2.20. The van der Waals surface area contributed by atoms with Crippen LogP contribution in [0.5, 0.6) is 11.5 Å². The highest BCUT2D eigenvalue weighted by atomic mass is 127. The summed E-state index contributed by atoms with van der Waals surface area (Å²) >= 11 is -4.18. The van der Waals surface area contributed by atoms with Crippen molar-refractivity contribution < 1.29 is 25.2 Å². The third kappa shape index (κ3) is 7.35. The number of nitrogens with one attached hydrogen (secondary N) is 2. The van der Waals surface area contributed by atoms with Crippen molar-refractivity contribution in [1.29, 1.82) is 0 Å². The highest BCUT2D eigenvalue weighted by Crippen LogP contribution is 2.37. The van der Waals surface area contributed by atoms with E-state index in [1.165, 1.54) is 12.1 Å². The van der Waals surface area contributed by atoms with E-state index in [1.807, 2.05) is 65.8 Å². The minimum absolute atomic E-state index is 0.000492. The molecule has 0 aromatic heterocycles. The number of rotatable bonds is 9. The van der Waals surface area contributed by atoms with Gasteiger partial charge in [-0.2, -0.15) is 0 Å². The number of amides is 2. The second kappa shape index (κ2) is 12.6. The Morgan fingerprint density at radius 2 is 1.00 bits per heavy atom. The topological polar surface area (TPSA) is 111 Å². The molecule has 0 spiro atoms. The molecule has 2 atom stereocenters. The number of benzene rings is 3. The molecule has 3 aromatic carbocycles. The highest BCUT2D eigenvalue weighted by molar-refractivity contribution is 14.2. The van der Waals surface area contributed by atoms with E-state index in [0.29, 0.717) is 11.4 Å². The first-order valence-electron chi connectivity index (χ1n) is 12.6. The number of halogens is 1. The Morgan fingerprint density at radius 3 is 1.31 bits per heavy atom. The number of carbonyl (C=O) groups is 2. The average molecular weight is 647 g/mol. The lowest BCUT2D eigenvalue weighted by molar-refractivity contribution is -0.122. The van der Waals surface area contributed by atoms with Crippen molar-refractivity contribution in [1.82, 2.24) is 0 Å². The Morgan fingerprint density at radius 1 is 0.667 bits per heavy atom. The molecule has 0 aliphatic rings. The Bertz CT molecular complexity index is 1340. The predicted octanol–water partition coefficient (Wildman–Crippen LogP) is 6.72. The molecule has 0 aliphatic heterocycles. The van der Waals surface area contributed by atoms with Crippen LogP contribution in [0.15, 0.2) is 42.5 Å². The molecule has 0 saturated heterocycles. The van der Waals surface area contributed by atoms with Crippen molar-refractivity contribution in [3.63, 3.8) is 0 Å². The van der Waals surface area contributed by atoms with Crippen molar-refractivity contribution in [2.75, 3.05) is 10.6 Å². The molecule has 0 unspecified atom stereocenters. The summed E-state index contributed by atoms with van der Waals surface area (Å²) in [5.41, 5.74) is 7.23. The first-order valence-corrected chi connectivity index (χ1v) is 15.4. The zero-order valence-corrected chi connectivity index (χ0v) is 25.7. The Kier molecular flexibility index (Phi) is 9.71. The fraction of sp³-hybridized carbons (Fsp3) is 0.333. The van der Waals surface area contributed by atoms with Crippen LogP contribution in [0, 0.1) is 45.1 Å². The molecule has 2 N–H and O–H groups in total. The lowest BCUT2D eigenvalue weighted by Crippen LogP contribution is -2.32. The van der Waals surface area contributed by atoms with Gasteiger partial charge in [0, 0.05) is 11.4 Å². The maximum Gasteiger partial charge on any atom is 0.348 e. The Hall–Kier alpha value is -3.47. The van der Waals surface area contributed by atoms with Crippen LogP contribution in [-0.4, -0.2) is 24.0 Å². The molecule has 39 heavy (non-hydrogen) atoms. The van der Waals surface area contributed by atoms with E-state index in [4.69, 9.17) is 9.47 Å². The van der Waals surface area contributed by atoms with Gasteiger partial charge in [-0.1, -0.05) is 41.5 Å². The maximum absolute atomic E-state index is 12.9. The van der Waals surface area contributed by atoms with Crippen LogP contribution in [0.3, 0.4) is 0 Å². The summed E-state index contributed by atoms with van der Waals surface area (Å²) in [5.74, 6) is -0.840. The molecule has 0 aliphatic carbocycles. The van der Waals surface area contributed by atoms with Gasteiger partial charge >= 0.3 is 19.8 Å². The molecule has 208 valence electrons. The normalized spacial score (nSPS) is 12.5. The van der Waals surface area contributed by atoms with E-state index >= 15 is 0 Å². The van der Waals surface area contributed by atoms with Gasteiger partial charge in [-0.3, -0.25) is 9.59 Å².